The second-order valence-electron chi connectivity index (χ2n) is 5.58. The molecule has 0 unspecified atom stereocenters. The molecule has 2 rings (SSSR count). The van der Waals surface area contributed by atoms with Crippen LogP contribution in [0.3, 0.4) is 0 Å². The molecule has 5 heteroatoms. The first kappa shape index (κ1) is 17.3. The number of likely N-dealkylation sites (tertiary alicyclic amines) is 1. The van der Waals surface area contributed by atoms with Crippen molar-refractivity contribution in [2.24, 2.45) is 0 Å². The quantitative estimate of drug-likeness (QED) is 0.785. The molecule has 1 aromatic rings. The van der Waals surface area contributed by atoms with Crippen LogP contribution in [0.25, 0.3) is 0 Å². The average Bonchev–Trinajstić information content (AvgIpc) is 2.91. The predicted molar refractivity (Wildman–Crippen MR) is 90.8 cm³/mol. The van der Waals surface area contributed by atoms with Crippen LogP contribution in [0.5, 0.6) is 5.75 Å². The van der Waals surface area contributed by atoms with Gasteiger partial charge in [0.25, 0.3) is 0 Å². The maximum atomic E-state index is 11.7. The van der Waals surface area contributed by atoms with E-state index in [9.17, 15) is 4.79 Å². The van der Waals surface area contributed by atoms with E-state index < -0.39 is 0 Å². The van der Waals surface area contributed by atoms with Crippen LogP contribution in [-0.4, -0.2) is 49.4 Å². The molecular formula is C18H26N2O3. The van der Waals surface area contributed by atoms with Crippen molar-refractivity contribution in [1.82, 2.24) is 10.2 Å². The highest BCUT2D eigenvalue weighted by atomic mass is 16.6. The summed E-state index contributed by atoms with van der Waals surface area (Å²) in [5.41, 5.74) is 1.09. The van der Waals surface area contributed by atoms with Gasteiger partial charge in [0.1, 0.15) is 11.9 Å². The zero-order chi connectivity index (χ0) is 16.7. The summed E-state index contributed by atoms with van der Waals surface area (Å²) in [7, 11) is 0. The van der Waals surface area contributed by atoms with Crippen molar-refractivity contribution in [3.63, 3.8) is 0 Å². The van der Waals surface area contributed by atoms with E-state index in [0.29, 0.717) is 13.1 Å². The zero-order valence-electron chi connectivity index (χ0n) is 14.0. The standard InChI is InChI=1S/C18H26N2O3/c1-4-9-14-10-7-8-11-15(14)22-16-12-20(6-3)13-17(16)23-18(21)19-5-2/h4,7-8,10-11,16-17H,1,5-6,9,12-13H2,2-3H3,(H,19,21)/t16-,17-/m1/s1. The number of para-hydroxylation sites is 1. The van der Waals surface area contributed by atoms with Crippen LogP contribution in [-0.2, 0) is 11.2 Å². The summed E-state index contributed by atoms with van der Waals surface area (Å²) in [5, 5.41) is 2.67. The lowest BCUT2D eigenvalue weighted by molar-refractivity contribution is 0.0444. The third-order valence-corrected chi connectivity index (χ3v) is 3.93. The lowest BCUT2D eigenvalue weighted by Gasteiger charge is -2.22. The number of nitrogens with zero attached hydrogens (tertiary/aromatic N) is 1. The number of ether oxygens (including phenoxy) is 2. The van der Waals surface area contributed by atoms with Crippen molar-refractivity contribution in [2.45, 2.75) is 32.5 Å². The molecule has 0 spiro atoms. The molecule has 2 atom stereocenters. The Morgan fingerprint density at radius 2 is 2.09 bits per heavy atom. The molecule has 1 aliphatic rings. The summed E-state index contributed by atoms with van der Waals surface area (Å²) in [5.74, 6) is 0.833. The van der Waals surface area contributed by atoms with Gasteiger partial charge in [0.15, 0.2) is 6.10 Å². The summed E-state index contributed by atoms with van der Waals surface area (Å²) in [6.07, 6.45) is 1.80. The predicted octanol–water partition coefficient (Wildman–Crippen LogP) is 2.61. The fourth-order valence-electron chi connectivity index (χ4n) is 2.73. The van der Waals surface area contributed by atoms with Gasteiger partial charge in [-0.05, 0) is 31.5 Å². The maximum absolute atomic E-state index is 11.7. The van der Waals surface area contributed by atoms with Gasteiger partial charge in [-0.2, -0.15) is 0 Å². The number of allylic oxidation sites excluding steroid dienone is 1. The fraction of sp³-hybridized carbons (Fsp3) is 0.500. The van der Waals surface area contributed by atoms with Crippen LogP contribution in [0.15, 0.2) is 36.9 Å². The van der Waals surface area contributed by atoms with Gasteiger partial charge >= 0.3 is 6.09 Å². The molecule has 0 aliphatic carbocycles. The van der Waals surface area contributed by atoms with E-state index in [1.807, 2.05) is 37.3 Å². The Morgan fingerprint density at radius 3 is 2.78 bits per heavy atom. The Morgan fingerprint density at radius 1 is 1.35 bits per heavy atom. The van der Waals surface area contributed by atoms with E-state index in [2.05, 4.69) is 23.7 Å². The van der Waals surface area contributed by atoms with E-state index in [1.165, 1.54) is 0 Å². The van der Waals surface area contributed by atoms with E-state index in [0.717, 1.165) is 30.8 Å². The number of benzene rings is 1. The van der Waals surface area contributed by atoms with Gasteiger partial charge in [-0.1, -0.05) is 31.2 Å². The van der Waals surface area contributed by atoms with Crippen LogP contribution in [0.4, 0.5) is 4.79 Å². The molecule has 1 saturated heterocycles. The van der Waals surface area contributed by atoms with Gasteiger partial charge in [0.05, 0.1) is 0 Å². The largest absolute Gasteiger partial charge is 0.485 e. The highest BCUT2D eigenvalue weighted by Crippen LogP contribution is 2.24. The number of nitrogens with one attached hydrogen (secondary N) is 1. The molecule has 0 radical (unpaired) electrons. The van der Waals surface area contributed by atoms with Crippen LogP contribution in [0.1, 0.15) is 19.4 Å². The lowest BCUT2D eigenvalue weighted by atomic mass is 10.1. The van der Waals surface area contributed by atoms with Crippen molar-refractivity contribution in [3.05, 3.63) is 42.5 Å². The Balaban J connectivity index is 2.08. The summed E-state index contributed by atoms with van der Waals surface area (Å²) in [4.78, 5) is 14.0. The van der Waals surface area contributed by atoms with Crippen LogP contribution in [0, 0.1) is 0 Å². The smallest absolute Gasteiger partial charge is 0.407 e. The molecule has 1 amide bonds. The SMILES string of the molecule is C=CCc1ccccc1O[C@@H]1CN(CC)C[C@H]1OC(=O)NCC. The number of hydrogen-bond donors (Lipinski definition) is 1. The highest BCUT2D eigenvalue weighted by Gasteiger charge is 2.36. The molecule has 0 saturated carbocycles. The first-order valence-electron chi connectivity index (χ1n) is 8.20. The molecule has 1 heterocycles. The highest BCUT2D eigenvalue weighted by molar-refractivity contribution is 5.67. The van der Waals surface area contributed by atoms with E-state index in [4.69, 9.17) is 9.47 Å². The number of amides is 1. The molecule has 23 heavy (non-hydrogen) atoms. The number of carbonyl (C=O) groups is 1. The lowest BCUT2D eigenvalue weighted by Crippen LogP contribution is -2.38. The Kier molecular flexibility index (Phi) is 6.47. The minimum Gasteiger partial charge on any atom is -0.485 e. The van der Waals surface area contributed by atoms with Crippen molar-refractivity contribution in [3.8, 4) is 5.75 Å². The molecule has 0 bridgehead atoms. The van der Waals surface area contributed by atoms with Gasteiger partial charge in [-0.25, -0.2) is 4.79 Å². The summed E-state index contributed by atoms with van der Waals surface area (Å²) < 4.78 is 11.7. The van der Waals surface area contributed by atoms with E-state index in [1.54, 1.807) is 0 Å². The topological polar surface area (TPSA) is 50.8 Å². The molecule has 5 nitrogen and oxygen atoms in total. The number of hydrogen-bond acceptors (Lipinski definition) is 4. The summed E-state index contributed by atoms with van der Waals surface area (Å²) in [6, 6.07) is 7.93. The van der Waals surface area contributed by atoms with Gasteiger partial charge in [0.2, 0.25) is 0 Å². The zero-order valence-corrected chi connectivity index (χ0v) is 14.0. The third kappa shape index (κ3) is 4.73. The summed E-state index contributed by atoms with van der Waals surface area (Å²) in [6.45, 7) is 10.7. The number of likely N-dealkylation sites (N-methyl/N-ethyl adjacent to an activating group) is 1. The Labute approximate surface area is 138 Å². The molecule has 1 aliphatic heterocycles. The van der Waals surface area contributed by atoms with Crippen molar-refractivity contribution in [2.75, 3.05) is 26.2 Å². The van der Waals surface area contributed by atoms with Gasteiger partial charge < -0.3 is 14.8 Å². The van der Waals surface area contributed by atoms with Gasteiger partial charge in [-0.15, -0.1) is 6.58 Å². The third-order valence-electron chi connectivity index (χ3n) is 3.93. The molecule has 1 N–H and O–H groups in total. The van der Waals surface area contributed by atoms with Gasteiger partial charge in [-0.3, -0.25) is 4.90 Å². The van der Waals surface area contributed by atoms with E-state index in [-0.39, 0.29) is 18.3 Å². The second kappa shape index (κ2) is 8.58. The van der Waals surface area contributed by atoms with E-state index >= 15 is 0 Å². The average molecular weight is 318 g/mol. The van der Waals surface area contributed by atoms with Crippen molar-refractivity contribution in [1.29, 1.82) is 0 Å². The van der Waals surface area contributed by atoms with Crippen LogP contribution < -0.4 is 10.1 Å². The van der Waals surface area contributed by atoms with Crippen LogP contribution >= 0.6 is 0 Å². The normalized spacial score (nSPS) is 21.0. The molecule has 0 aromatic heterocycles. The molecule has 1 fully saturated rings. The first-order chi connectivity index (χ1) is 11.2. The number of rotatable bonds is 7. The Bertz CT molecular complexity index is 533. The van der Waals surface area contributed by atoms with Crippen molar-refractivity contribution < 1.29 is 14.3 Å². The minimum atomic E-state index is -0.386. The minimum absolute atomic E-state index is 0.163. The first-order valence-corrected chi connectivity index (χ1v) is 8.20. The second-order valence-corrected chi connectivity index (χ2v) is 5.58. The number of alkyl carbamates (subject to hydrolysis) is 1. The molecule has 126 valence electrons. The summed E-state index contributed by atoms with van der Waals surface area (Å²) >= 11 is 0. The molecular weight excluding hydrogens is 292 g/mol. The van der Waals surface area contributed by atoms with Crippen LogP contribution in [0.2, 0.25) is 0 Å². The monoisotopic (exact) mass is 318 g/mol. The molecule has 1 aromatic carbocycles. The fourth-order valence-corrected chi connectivity index (χ4v) is 2.73. The van der Waals surface area contributed by atoms with Crippen molar-refractivity contribution >= 4 is 6.09 Å². The number of carbonyl (C=O) groups excluding carboxylic acids is 1. The Hall–Kier alpha value is -2.01. The van der Waals surface area contributed by atoms with Gasteiger partial charge in [0, 0.05) is 19.6 Å². The maximum Gasteiger partial charge on any atom is 0.407 e.